The Morgan fingerprint density at radius 2 is 1.74 bits per heavy atom. The lowest BCUT2D eigenvalue weighted by atomic mass is 9.91. The highest BCUT2D eigenvalue weighted by Gasteiger charge is 2.21. The average Bonchev–Trinajstić information content (AvgIpc) is 2.29. The SMILES string of the molecule is CCCCN(C(=O)CC(C)(C)C)c1ccc(C)cc1. The fourth-order valence-corrected chi connectivity index (χ4v) is 1.99. The number of amides is 1. The van der Waals surface area contributed by atoms with Gasteiger partial charge in [0, 0.05) is 18.7 Å². The maximum absolute atomic E-state index is 12.5. The first-order chi connectivity index (χ1) is 8.83. The summed E-state index contributed by atoms with van der Waals surface area (Å²) in [7, 11) is 0. The minimum Gasteiger partial charge on any atom is -0.312 e. The summed E-state index contributed by atoms with van der Waals surface area (Å²) in [6.07, 6.45) is 2.74. The highest BCUT2D eigenvalue weighted by Crippen LogP contribution is 2.23. The van der Waals surface area contributed by atoms with Crippen LogP contribution in [0, 0.1) is 12.3 Å². The summed E-state index contributed by atoms with van der Waals surface area (Å²) in [5, 5.41) is 0. The second kappa shape index (κ2) is 6.74. The molecular weight excluding hydrogens is 234 g/mol. The van der Waals surface area contributed by atoms with Crippen LogP contribution in [-0.2, 0) is 4.79 Å². The van der Waals surface area contributed by atoms with Crippen LogP contribution in [0.1, 0.15) is 52.5 Å². The molecule has 0 aliphatic rings. The van der Waals surface area contributed by atoms with Crippen molar-refractivity contribution in [2.75, 3.05) is 11.4 Å². The van der Waals surface area contributed by atoms with Crippen LogP contribution < -0.4 is 4.90 Å². The van der Waals surface area contributed by atoms with E-state index in [0.717, 1.165) is 25.1 Å². The van der Waals surface area contributed by atoms with Gasteiger partial charge in [-0.3, -0.25) is 4.79 Å². The highest BCUT2D eigenvalue weighted by molar-refractivity contribution is 5.93. The number of hydrogen-bond acceptors (Lipinski definition) is 1. The quantitative estimate of drug-likeness (QED) is 0.760. The molecule has 0 spiro atoms. The molecule has 0 fully saturated rings. The van der Waals surface area contributed by atoms with Gasteiger partial charge >= 0.3 is 0 Å². The van der Waals surface area contributed by atoms with Crippen LogP contribution in [0.5, 0.6) is 0 Å². The van der Waals surface area contributed by atoms with Gasteiger partial charge in [0.2, 0.25) is 5.91 Å². The minimum absolute atomic E-state index is 0.0340. The second-order valence-corrected chi connectivity index (χ2v) is 6.47. The van der Waals surface area contributed by atoms with E-state index < -0.39 is 0 Å². The molecule has 0 saturated carbocycles. The van der Waals surface area contributed by atoms with E-state index in [0.29, 0.717) is 6.42 Å². The number of nitrogens with zero attached hydrogens (tertiary/aromatic N) is 1. The van der Waals surface area contributed by atoms with Gasteiger partial charge in [-0.2, -0.15) is 0 Å². The highest BCUT2D eigenvalue weighted by atomic mass is 16.2. The minimum atomic E-state index is 0.0340. The van der Waals surface area contributed by atoms with Gasteiger partial charge in [0.25, 0.3) is 0 Å². The summed E-state index contributed by atoms with van der Waals surface area (Å²) in [6, 6.07) is 8.23. The Hall–Kier alpha value is -1.31. The zero-order valence-electron chi connectivity index (χ0n) is 13.0. The Balaban J connectivity index is 2.87. The number of carbonyl (C=O) groups is 1. The zero-order chi connectivity index (χ0) is 14.5. The molecule has 106 valence electrons. The number of unbranched alkanes of at least 4 members (excludes halogenated alkanes) is 1. The molecule has 0 aliphatic heterocycles. The molecule has 0 unspecified atom stereocenters. The van der Waals surface area contributed by atoms with E-state index in [1.807, 2.05) is 17.0 Å². The Labute approximate surface area is 117 Å². The number of anilines is 1. The van der Waals surface area contributed by atoms with Gasteiger partial charge in [-0.05, 0) is 30.9 Å². The van der Waals surface area contributed by atoms with E-state index in [4.69, 9.17) is 0 Å². The molecule has 1 aromatic rings. The predicted octanol–water partition coefficient (Wildman–Crippen LogP) is 4.56. The van der Waals surface area contributed by atoms with Crippen molar-refractivity contribution in [2.45, 2.75) is 53.9 Å². The third-order valence-corrected chi connectivity index (χ3v) is 3.06. The Bertz CT molecular complexity index is 400. The molecule has 0 atom stereocenters. The summed E-state index contributed by atoms with van der Waals surface area (Å²) >= 11 is 0. The van der Waals surface area contributed by atoms with Crippen LogP contribution in [0.4, 0.5) is 5.69 Å². The zero-order valence-corrected chi connectivity index (χ0v) is 13.0. The summed E-state index contributed by atoms with van der Waals surface area (Å²) in [4.78, 5) is 14.4. The van der Waals surface area contributed by atoms with Crippen molar-refractivity contribution < 1.29 is 4.79 Å². The maximum Gasteiger partial charge on any atom is 0.227 e. The topological polar surface area (TPSA) is 20.3 Å². The summed E-state index contributed by atoms with van der Waals surface area (Å²) in [5.41, 5.74) is 2.28. The van der Waals surface area contributed by atoms with Gasteiger partial charge in [0.1, 0.15) is 0 Å². The molecule has 1 rings (SSSR count). The monoisotopic (exact) mass is 261 g/mol. The van der Waals surface area contributed by atoms with Crippen LogP contribution in [0.15, 0.2) is 24.3 Å². The van der Waals surface area contributed by atoms with Crippen LogP contribution in [0.25, 0.3) is 0 Å². The van der Waals surface area contributed by atoms with Gasteiger partial charge in [-0.15, -0.1) is 0 Å². The molecule has 0 aromatic heterocycles. The summed E-state index contributed by atoms with van der Waals surface area (Å²) in [6.45, 7) is 11.4. The largest absolute Gasteiger partial charge is 0.312 e. The first kappa shape index (κ1) is 15.7. The van der Waals surface area contributed by atoms with Crippen LogP contribution in [-0.4, -0.2) is 12.5 Å². The summed E-state index contributed by atoms with van der Waals surface area (Å²) in [5.74, 6) is 0.227. The fraction of sp³-hybridized carbons (Fsp3) is 0.588. The van der Waals surface area contributed by atoms with Crippen molar-refractivity contribution in [1.29, 1.82) is 0 Å². The first-order valence-corrected chi connectivity index (χ1v) is 7.20. The van der Waals surface area contributed by atoms with E-state index in [2.05, 4.69) is 46.8 Å². The van der Waals surface area contributed by atoms with Crippen molar-refractivity contribution in [3.8, 4) is 0 Å². The molecule has 19 heavy (non-hydrogen) atoms. The lowest BCUT2D eigenvalue weighted by molar-refractivity contribution is -0.120. The maximum atomic E-state index is 12.5. The molecule has 0 N–H and O–H groups in total. The molecule has 1 aromatic carbocycles. The molecule has 2 nitrogen and oxygen atoms in total. The number of hydrogen-bond donors (Lipinski definition) is 0. The Morgan fingerprint density at radius 1 is 1.16 bits per heavy atom. The molecular formula is C17H27NO. The van der Waals surface area contributed by atoms with Crippen LogP contribution in [0.2, 0.25) is 0 Å². The van der Waals surface area contributed by atoms with Crippen LogP contribution in [0.3, 0.4) is 0 Å². The number of carbonyl (C=O) groups excluding carboxylic acids is 1. The first-order valence-electron chi connectivity index (χ1n) is 7.20. The molecule has 0 bridgehead atoms. The summed E-state index contributed by atoms with van der Waals surface area (Å²) < 4.78 is 0. The molecule has 0 heterocycles. The lowest BCUT2D eigenvalue weighted by Gasteiger charge is -2.27. The Kier molecular flexibility index (Phi) is 5.59. The molecule has 0 radical (unpaired) electrons. The third kappa shape index (κ3) is 5.46. The van der Waals surface area contributed by atoms with Gasteiger partial charge in [-0.1, -0.05) is 51.8 Å². The van der Waals surface area contributed by atoms with E-state index in [1.165, 1.54) is 5.56 Å². The smallest absolute Gasteiger partial charge is 0.227 e. The van der Waals surface area contributed by atoms with E-state index >= 15 is 0 Å². The lowest BCUT2D eigenvalue weighted by Crippen LogP contribution is -2.34. The van der Waals surface area contributed by atoms with Gasteiger partial charge in [0.05, 0.1) is 0 Å². The van der Waals surface area contributed by atoms with Crippen molar-refractivity contribution in [1.82, 2.24) is 0 Å². The van der Waals surface area contributed by atoms with Gasteiger partial charge in [0.15, 0.2) is 0 Å². The van der Waals surface area contributed by atoms with Crippen LogP contribution >= 0.6 is 0 Å². The number of aryl methyl sites for hydroxylation is 1. The molecule has 0 aliphatic carbocycles. The standard InChI is InChI=1S/C17H27NO/c1-6-7-12-18(16(19)13-17(3,4)5)15-10-8-14(2)9-11-15/h8-11H,6-7,12-13H2,1-5H3. The van der Waals surface area contributed by atoms with Crippen molar-refractivity contribution in [3.05, 3.63) is 29.8 Å². The predicted molar refractivity (Wildman–Crippen MR) is 82.5 cm³/mol. The van der Waals surface area contributed by atoms with Gasteiger partial charge < -0.3 is 4.90 Å². The van der Waals surface area contributed by atoms with Crippen molar-refractivity contribution >= 4 is 11.6 Å². The van der Waals surface area contributed by atoms with E-state index in [-0.39, 0.29) is 11.3 Å². The fourth-order valence-electron chi connectivity index (χ4n) is 1.99. The molecule has 1 amide bonds. The van der Waals surface area contributed by atoms with Gasteiger partial charge in [-0.25, -0.2) is 0 Å². The van der Waals surface area contributed by atoms with E-state index in [9.17, 15) is 4.79 Å². The average molecular weight is 261 g/mol. The second-order valence-electron chi connectivity index (χ2n) is 6.47. The normalized spacial score (nSPS) is 11.4. The van der Waals surface area contributed by atoms with Crippen molar-refractivity contribution in [2.24, 2.45) is 5.41 Å². The number of benzene rings is 1. The Morgan fingerprint density at radius 3 is 2.21 bits per heavy atom. The third-order valence-electron chi connectivity index (χ3n) is 3.06. The van der Waals surface area contributed by atoms with Crippen molar-refractivity contribution in [3.63, 3.8) is 0 Å². The van der Waals surface area contributed by atoms with E-state index in [1.54, 1.807) is 0 Å². The molecule has 0 saturated heterocycles. The number of rotatable bonds is 5. The molecule has 2 heteroatoms.